The van der Waals surface area contributed by atoms with E-state index in [2.05, 4.69) is 0 Å². The molecule has 2 rings (SSSR count). The Morgan fingerprint density at radius 2 is 1.74 bits per heavy atom. The van der Waals surface area contributed by atoms with E-state index in [1.54, 1.807) is 32.0 Å². The molecule has 1 aromatic carbocycles. The molecule has 4 nitrogen and oxygen atoms in total. The van der Waals surface area contributed by atoms with Crippen LogP contribution in [0, 0.1) is 17.7 Å². The van der Waals surface area contributed by atoms with E-state index in [9.17, 15) is 14.0 Å². The molecule has 0 saturated carbocycles. The number of amides is 2. The van der Waals surface area contributed by atoms with E-state index in [-0.39, 0.29) is 30.2 Å². The number of likely N-dealkylation sites (tertiary alicyclic amines) is 1. The first-order valence-corrected chi connectivity index (χ1v) is 6.28. The number of carbonyl (C=O) groups excluding carboxylic acids is 2. The minimum Gasteiger partial charge on any atom is -0.322 e. The van der Waals surface area contributed by atoms with E-state index < -0.39 is 11.9 Å². The summed E-state index contributed by atoms with van der Waals surface area (Å²) in [7, 11) is 0. The summed E-state index contributed by atoms with van der Waals surface area (Å²) in [5.41, 5.74) is 6.22. The van der Waals surface area contributed by atoms with E-state index in [0.29, 0.717) is 5.56 Å². The minimum atomic E-state index is -0.702. The maximum atomic E-state index is 13.6. The van der Waals surface area contributed by atoms with Crippen LogP contribution in [0.15, 0.2) is 24.3 Å². The van der Waals surface area contributed by atoms with Gasteiger partial charge in [-0.3, -0.25) is 14.5 Å². The zero-order chi connectivity index (χ0) is 14.2. The van der Waals surface area contributed by atoms with Crippen molar-refractivity contribution in [2.45, 2.75) is 19.9 Å². The summed E-state index contributed by atoms with van der Waals surface area (Å²) in [5, 5.41) is 0. The molecule has 1 aromatic rings. The fourth-order valence-corrected chi connectivity index (χ4v) is 2.28. The number of hydrogen-bond donors (Lipinski definition) is 1. The van der Waals surface area contributed by atoms with Crippen LogP contribution in [0.25, 0.3) is 0 Å². The van der Waals surface area contributed by atoms with Gasteiger partial charge in [0, 0.05) is 23.9 Å². The number of carbonyl (C=O) groups is 2. The highest BCUT2D eigenvalue weighted by molar-refractivity contribution is 6.04. The third-order valence-corrected chi connectivity index (χ3v) is 3.75. The number of imide groups is 1. The third kappa shape index (κ3) is 2.38. The summed E-state index contributed by atoms with van der Waals surface area (Å²) < 4.78 is 13.6. The maximum Gasteiger partial charge on any atom is 0.232 e. The Balaban J connectivity index is 2.16. The van der Waals surface area contributed by atoms with Gasteiger partial charge in [-0.2, -0.15) is 0 Å². The Kier molecular flexibility index (Phi) is 3.66. The molecule has 0 radical (unpaired) electrons. The summed E-state index contributed by atoms with van der Waals surface area (Å²) in [5.74, 6) is -1.55. The summed E-state index contributed by atoms with van der Waals surface area (Å²) in [6.07, 6.45) is 0. The van der Waals surface area contributed by atoms with E-state index in [4.69, 9.17) is 5.73 Å². The molecule has 0 aromatic heterocycles. The smallest absolute Gasteiger partial charge is 0.232 e. The van der Waals surface area contributed by atoms with Crippen molar-refractivity contribution in [3.8, 4) is 0 Å². The number of halogens is 1. The Morgan fingerprint density at radius 3 is 2.26 bits per heavy atom. The van der Waals surface area contributed by atoms with Crippen molar-refractivity contribution in [2.24, 2.45) is 17.6 Å². The first-order valence-electron chi connectivity index (χ1n) is 6.28. The van der Waals surface area contributed by atoms with Crippen LogP contribution in [0.1, 0.15) is 25.5 Å². The van der Waals surface area contributed by atoms with E-state index in [0.717, 1.165) is 4.90 Å². The molecule has 102 valence electrons. The average molecular weight is 264 g/mol. The van der Waals surface area contributed by atoms with Crippen LogP contribution in [-0.4, -0.2) is 23.3 Å². The molecule has 5 heteroatoms. The molecule has 19 heavy (non-hydrogen) atoms. The SMILES string of the molecule is CC1C(=O)N(CC(N)c2ccccc2F)C(=O)C1C. The molecule has 0 bridgehead atoms. The number of hydrogen-bond acceptors (Lipinski definition) is 3. The van der Waals surface area contributed by atoms with Crippen LogP contribution in [0.5, 0.6) is 0 Å². The first-order chi connectivity index (χ1) is 8.93. The predicted molar refractivity (Wildman–Crippen MR) is 68.4 cm³/mol. The van der Waals surface area contributed by atoms with Crippen LogP contribution < -0.4 is 5.73 Å². The normalized spacial score (nSPS) is 24.9. The van der Waals surface area contributed by atoms with Crippen molar-refractivity contribution in [2.75, 3.05) is 6.54 Å². The quantitative estimate of drug-likeness (QED) is 0.841. The van der Waals surface area contributed by atoms with E-state index in [1.807, 2.05) is 0 Å². The lowest BCUT2D eigenvalue weighted by atomic mass is 10.00. The van der Waals surface area contributed by atoms with Crippen LogP contribution >= 0.6 is 0 Å². The Labute approximate surface area is 111 Å². The van der Waals surface area contributed by atoms with Crippen LogP contribution in [0.2, 0.25) is 0 Å². The van der Waals surface area contributed by atoms with Gasteiger partial charge in [-0.15, -0.1) is 0 Å². The van der Waals surface area contributed by atoms with Crippen LogP contribution in [0.3, 0.4) is 0 Å². The molecule has 0 aliphatic carbocycles. The molecule has 2 N–H and O–H groups in total. The van der Waals surface area contributed by atoms with Gasteiger partial charge in [-0.25, -0.2) is 4.39 Å². The highest BCUT2D eigenvalue weighted by Gasteiger charge is 2.42. The average Bonchev–Trinajstić information content (AvgIpc) is 2.57. The monoisotopic (exact) mass is 264 g/mol. The lowest BCUT2D eigenvalue weighted by Crippen LogP contribution is -2.37. The molecule has 1 fully saturated rings. The fourth-order valence-electron chi connectivity index (χ4n) is 2.28. The molecule has 3 unspecified atom stereocenters. The number of nitrogens with zero attached hydrogens (tertiary/aromatic N) is 1. The van der Waals surface area contributed by atoms with Crippen molar-refractivity contribution in [1.82, 2.24) is 4.90 Å². The van der Waals surface area contributed by atoms with Gasteiger partial charge < -0.3 is 5.73 Å². The number of benzene rings is 1. The molecule has 2 amide bonds. The summed E-state index contributed by atoms with van der Waals surface area (Å²) in [4.78, 5) is 25.0. The lowest BCUT2D eigenvalue weighted by molar-refractivity contribution is -0.140. The van der Waals surface area contributed by atoms with Gasteiger partial charge >= 0.3 is 0 Å². The first kappa shape index (κ1) is 13.7. The van der Waals surface area contributed by atoms with Crippen LogP contribution in [-0.2, 0) is 9.59 Å². The van der Waals surface area contributed by atoms with Crippen molar-refractivity contribution < 1.29 is 14.0 Å². The summed E-state index contributed by atoms with van der Waals surface area (Å²) >= 11 is 0. The van der Waals surface area contributed by atoms with Gasteiger partial charge in [-0.05, 0) is 6.07 Å². The van der Waals surface area contributed by atoms with Crippen molar-refractivity contribution in [1.29, 1.82) is 0 Å². The topological polar surface area (TPSA) is 63.4 Å². The van der Waals surface area contributed by atoms with E-state index >= 15 is 0 Å². The van der Waals surface area contributed by atoms with Gasteiger partial charge in [0.1, 0.15) is 5.82 Å². The van der Waals surface area contributed by atoms with Crippen molar-refractivity contribution in [3.63, 3.8) is 0 Å². The second-order valence-corrected chi connectivity index (χ2v) is 4.99. The third-order valence-electron chi connectivity index (χ3n) is 3.75. The highest BCUT2D eigenvalue weighted by Crippen LogP contribution is 2.27. The molecular weight excluding hydrogens is 247 g/mol. The van der Waals surface area contributed by atoms with Gasteiger partial charge in [0.25, 0.3) is 0 Å². The van der Waals surface area contributed by atoms with Gasteiger partial charge in [0.15, 0.2) is 0 Å². The fraction of sp³-hybridized carbons (Fsp3) is 0.429. The standard InChI is InChI=1S/C14H17FN2O2/c1-8-9(2)14(19)17(13(8)18)7-12(16)10-5-3-4-6-11(10)15/h3-6,8-9,12H,7,16H2,1-2H3. The Bertz CT molecular complexity index is 498. The minimum absolute atomic E-state index is 0.0211. The molecular formula is C14H17FN2O2. The molecule has 1 aliphatic rings. The summed E-state index contributed by atoms with van der Waals surface area (Å²) in [6.45, 7) is 3.46. The van der Waals surface area contributed by atoms with Gasteiger partial charge in [0.2, 0.25) is 11.8 Å². The second-order valence-electron chi connectivity index (χ2n) is 4.99. The molecule has 3 atom stereocenters. The molecule has 1 aliphatic heterocycles. The number of rotatable bonds is 3. The van der Waals surface area contributed by atoms with E-state index in [1.165, 1.54) is 6.07 Å². The van der Waals surface area contributed by atoms with Gasteiger partial charge in [0.05, 0.1) is 6.04 Å². The van der Waals surface area contributed by atoms with Gasteiger partial charge in [-0.1, -0.05) is 32.0 Å². The lowest BCUT2D eigenvalue weighted by Gasteiger charge is -2.20. The second kappa shape index (κ2) is 5.09. The predicted octanol–water partition coefficient (Wildman–Crippen LogP) is 1.47. The number of nitrogens with two attached hydrogens (primary N) is 1. The highest BCUT2D eigenvalue weighted by atomic mass is 19.1. The Hall–Kier alpha value is -1.75. The zero-order valence-corrected chi connectivity index (χ0v) is 11.0. The van der Waals surface area contributed by atoms with Crippen molar-refractivity contribution >= 4 is 11.8 Å². The molecule has 1 saturated heterocycles. The molecule has 1 heterocycles. The Morgan fingerprint density at radius 1 is 1.21 bits per heavy atom. The zero-order valence-electron chi connectivity index (χ0n) is 11.0. The van der Waals surface area contributed by atoms with Crippen LogP contribution in [0.4, 0.5) is 4.39 Å². The summed E-state index contributed by atoms with van der Waals surface area (Å²) in [6, 6.07) is 5.43. The largest absolute Gasteiger partial charge is 0.322 e. The van der Waals surface area contributed by atoms with Crippen molar-refractivity contribution in [3.05, 3.63) is 35.6 Å². The molecule has 0 spiro atoms. The maximum absolute atomic E-state index is 13.6.